The molecule has 31 heavy (non-hydrogen) atoms. The molecule has 0 saturated carbocycles. The van der Waals surface area contributed by atoms with E-state index in [-0.39, 0.29) is 23.9 Å². The highest BCUT2D eigenvalue weighted by atomic mass is 35.5. The summed E-state index contributed by atoms with van der Waals surface area (Å²) in [6, 6.07) is 5.29. The van der Waals surface area contributed by atoms with Crippen molar-refractivity contribution in [2.75, 3.05) is 26.2 Å². The van der Waals surface area contributed by atoms with Gasteiger partial charge in [0.1, 0.15) is 5.75 Å². The third kappa shape index (κ3) is 8.28. The largest absolute Gasteiger partial charge is 0.481 e. The van der Waals surface area contributed by atoms with Gasteiger partial charge in [-0.3, -0.25) is 9.59 Å². The Kier molecular flexibility index (Phi) is 9.91. The standard InChI is InChI=1S/C22H32ClN3O5/c1-4-30-22(29)26-12-9-18(10-13-26)25-20(27)6-5-11-24-21(28)16(3)31-19-8-7-17(23)14-15(19)2/h7-8,14,16,18H,4-6,9-13H2,1-3H3,(H,24,28)(H,25,27). The van der Waals surface area contributed by atoms with Crippen LogP contribution in [0.5, 0.6) is 5.75 Å². The maximum Gasteiger partial charge on any atom is 0.409 e. The van der Waals surface area contributed by atoms with Crippen molar-refractivity contribution in [2.24, 2.45) is 0 Å². The van der Waals surface area contributed by atoms with E-state index in [9.17, 15) is 14.4 Å². The fourth-order valence-electron chi connectivity index (χ4n) is 3.31. The molecule has 2 rings (SSSR count). The first-order valence-electron chi connectivity index (χ1n) is 10.7. The SMILES string of the molecule is CCOC(=O)N1CCC(NC(=O)CCCNC(=O)C(C)Oc2ccc(Cl)cc2C)CC1. The number of hydrogen-bond donors (Lipinski definition) is 2. The Hall–Kier alpha value is -2.48. The number of likely N-dealkylation sites (tertiary alicyclic amines) is 1. The number of aryl methyl sites for hydroxylation is 1. The summed E-state index contributed by atoms with van der Waals surface area (Å²) in [5.74, 6) is 0.325. The number of ether oxygens (including phenoxy) is 2. The van der Waals surface area contributed by atoms with Gasteiger partial charge in [0.05, 0.1) is 6.61 Å². The third-order valence-electron chi connectivity index (χ3n) is 5.08. The number of piperidine rings is 1. The van der Waals surface area contributed by atoms with Gasteiger partial charge in [-0.1, -0.05) is 11.6 Å². The molecule has 1 heterocycles. The number of carbonyl (C=O) groups excluding carboxylic acids is 3. The van der Waals surface area contributed by atoms with Gasteiger partial charge >= 0.3 is 6.09 Å². The number of nitrogens with one attached hydrogen (secondary N) is 2. The second-order valence-corrected chi connectivity index (χ2v) is 8.03. The van der Waals surface area contributed by atoms with Crippen LogP contribution in [0.1, 0.15) is 45.1 Å². The minimum absolute atomic E-state index is 0.0510. The van der Waals surface area contributed by atoms with E-state index < -0.39 is 6.10 Å². The van der Waals surface area contributed by atoms with Crippen LogP contribution in [-0.4, -0.2) is 61.2 Å². The Morgan fingerprint density at radius 3 is 2.61 bits per heavy atom. The van der Waals surface area contributed by atoms with Crippen LogP contribution in [0, 0.1) is 6.92 Å². The van der Waals surface area contributed by atoms with Crippen molar-refractivity contribution in [3.05, 3.63) is 28.8 Å². The molecular formula is C22H32ClN3O5. The summed E-state index contributed by atoms with van der Waals surface area (Å²) in [6.07, 6.45) is 1.32. The molecule has 0 aromatic heterocycles. The van der Waals surface area contributed by atoms with Crippen molar-refractivity contribution in [3.63, 3.8) is 0 Å². The van der Waals surface area contributed by atoms with E-state index in [1.165, 1.54) is 0 Å². The maximum absolute atomic E-state index is 12.2. The molecule has 1 atom stereocenters. The lowest BCUT2D eigenvalue weighted by Crippen LogP contribution is -2.46. The number of nitrogens with zero attached hydrogens (tertiary/aromatic N) is 1. The molecule has 1 aromatic rings. The average molecular weight is 454 g/mol. The zero-order chi connectivity index (χ0) is 22.8. The van der Waals surface area contributed by atoms with Gasteiger partial charge in [-0.25, -0.2) is 4.79 Å². The molecule has 8 nitrogen and oxygen atoms in total. The van der Waals surface area contributed by atoms with Gasteiger partial charge in [0, 0.05) is 37.1 Å². The number of amides is 3. The van der Waals surface area contributed by atoms with Gasteiger partial charge in [0.2, 0.25) is 5.91 Å². The van der Waals surface area contributed by atoms with E-state index in [0.717, 1.165) is 5.56 Å². The van der Waals surface area contributed by atoms with Crippen LogP contribution < -0.4 is 15.4 Å². The molecule has 1 aliphatic heterocycles. The normalized spacial score (nSPS) is 15.2. The lowest BCUT2D eigenvalue weighted by Gasteiger charge is -2.31. The highest BCUT2D eigenvalue weighted by molar-refractivity contribution is 6.30. The first-order chi connectivity index (χ1) is 14.8. The molecule has 0 spiro atoms. The van der Waals surface area contributed by atoms with E-state index in [4.69, 9.17) is 21.1 Å². The second-order valence-electron chi connectivity index (χ2n) is 7.59. The van der Waals surface area contributed by atoms with Crippen molar-refractivity contribution in [2.45, 2.75) is 58.6 Å². The van der Waals surface area contributed by atoms with E-state index in [0.29, 0.717) is 62.7 Å². The summed E-state index contributed by atoms with van der Waals surface area (Å²) in [5.41, 5.74) is 0.858. The first kappa shape index (κ1) is 24.8. The minimum atomic E-state index is -0.654. The Morgan fingerprint density at radius 1 is 1.26 bits per heavy atom. The Morgan fingerprint density at radius 2 is 1.97 bits per heavy atom. The second kappa shape index (κ2) is 12.4. The summed E-state index contributed by atoms with van der Waals surface area (Å²) in [4.78, 5) is 37.7. The van der Waals surface area contributed by atoms with Crippen molar-refractivity contribution in [1.29, 1.82) is 0 Å². The Balaban J connectivity index is 1.61. The molecule has 172 valence electrons. The highest BCUT2D eigenvalue weighted by Crippen LogP contribution is 2.22. The smallest absolute Gasteiger partial charge is 0.409 e. The first-order valence-corrected chi connectivity index (χ1v) is 11.1. The Bertz CT molecular complexity index is 766. The third-order valence-corrected chi connectivity index (χ3v) is 5.31. The molecule has 1 fully saturated rings. The van der Waals surface area contributed by atoms with Crippen LogP contribution in [-0.2, 0) is 14.3 Å². The number of halogens is 1. The van der Waals surface area contributed by atoms with Gasteiger partial charge in [0.25, 0.3) is 5.91 Å². The van der Waals surface area contributed by atoms with E-state index in [1.54, 1.807) is 36.9 Å². The quantitative estimate of drug-likeness (QED) is 0.560. The minimum Gasteiger partial charge on any atom is -0.481 e. The zero-order valence-corrected chi connectivity index (χ0v) is 19.2. The summed E-state index contributed by atoms with van der Waals surface area (Å²) >= 11 is 5.93. The molecule has 1 aliphatic rings. The topological polar surface area (TPSA) is 97.0 Å². The summed E-state index contributed by atoms with van der Waals surface area (Å²) in [5, 5.41) is 6.41. The van der Waals surface area contributed by atoms with Crippen LogP contribution >= 0.6 is 11.6 Å². The average Bonchev–Trinajstić information content (AvgIpc) is 2.73. The van der Waals surface area contributed by atoms with Gasteiger partial charge < -0.3 is 25.0 Å². The molecule has 0 aliphatic carbocycles. The van der Waals surface area contributed by atoms with Crippen molar-refractivity contribution >= 4 is 29.5 Å². The molecule has 0 radical (unpaired) electrons. The van der Waals surface area contributed by atoms with Crippen molar-refractivity contribution in [1.82, 2.24) is 15.5 Å². The number of carbonyl (C=O) groups is 3. The van der Waals surface area contributed by atoms with Crippen LogP contribution in [0.4, 0.5) is 4.79 Å². The summed E-state index contributed by atoms with van der Waals surface area (Å²) < 4.78 is 10.7. The predicted octanol–water partition coefficient (Wildman–Crippen LogP) is 3.05. The van der Waals surface area contributed by atoms with Crippen LogP contribution in [0.2, 0.25) is 5.02 Å². The van der Waals surface area contributed by atoms with Gasteiger partial charge in [0.15, 0.2) is 6.10 Å². The lowest BCUT2D eigenvalue weighted by atomic mass is 10.1. The molecule has 1 unspecified atom stereocenters. The van der Waals surface area contributed by atoms with E-state index in [1.807, 2.05) is 6.92 Å². The zero-order valence-electron chi connectivity index (χ0n) is 18.4. The molecule has 1 saturated heterocycles. The molecule has 9 heteroatoms. The molecule has 0 bridgehead atoms. The summed E-state index contributed by atoms with van der Waals surface area (Å²) in [6.45, 7) is 7.22. The fourth-order valence-corrected chi connectivity index (χ4v) is 3.54. The van der Waals surface area contributed by atoms with Crippen LogP contribution in [0.25, 0.3) is 0 Å². The van der Waals surface area contributed by atoms with E-state index in [2.05, 4.69) is 10.6 Å². The van der Waals surface area contributed by atoms with Crippen LogP contribution in [0.3, 0.4) is 0 Å². The maximum atomic E-state index is 12.2. The van der Waals surface area contributed by atoms with E-state index >= 15 is 0 Å². The molecule has 1 aromatic carbocycles. The number of benzene rings is 1. The number of rotatable bonds is 9. The Labute approximate surface area is 188 Å². The summed E-state index contributed by atoms with van der Waals surface area (Å²) in [7, 11) is 0. The molecule has 2 N–H and O–H groups in total. The highest BCUT2D eigenvalue weighted by Gasteiger charge is 2.24. The molecule has 3 amide bonds. The lowest BCUT2D eigenvalue weighted by molar-refractivity contribution is -0.127. The van der Waals surface area contributed by atoms with Gasteiger partial charge in [-0.2, -0.15) is 0 Å². The van der Waals surface area contributed by atoms with Crippen molar-refractivity contribution in [3.8, 4) is 5.75 Å². The van der Waals surface area contributed by atoms with Gasteiger partial charge in [-0.05, 0) is 63.8 Å². The fraction of sp³-hybridized carbons (Fsp3) is 0.591. The van der Waals surface area contributed by atoms with Crippen LogP contribution in [0.15, 0.2) is 18.2 Å². The monoisotopic (exact) mass is 453 g/mol. The van der Waals surface area contributed by atoms with Gasteiger partial charge in [-0.15, -0.1) is 0 Å². The molecular weight excluding hydrogens is 422 g/mol. The predicted molar refractivity (Wildman–Crippen MR) is 118 cm³/mol. The number of hydrogen-bond acceptors (Lipinski definition) is 5. The van der Waals surface area contributed by atoms with Crippen molar-refractivity contribution < 1.29 is 23.9 Å².